The van der Waals surface area contributed by atoms with Crippen molar-refractivity contribution in [2.45, 2.75) is 39.7 Å². The van der Waals surface area contributed by atoms with E-state index < -0.39 is 5.97 Å². The van der Waals surface area contributed by atoms with Crippen molar-refractivity contribution in [2.24, 2.45) is 5.41 Å². The number of nitrogens with zero attached hydrogens (tertiary/aromatic N) is 4. The van der Waals surface area contributed by atoms with Crippen LogP contribution in [0.15, 0.2) is 39.7 Å². The molecule has 1 fully saturated rings. The van der Waals surface area contributed by atoms with Crippen LogP contribution in [0.25, 0.3) is 5.65 Å². The first-order valence-electron chi connectivity index (χ1n) is 10.7. The molecule has 1 atom stereocenters. The Morgan fingerprint density at radius 3 is 2.61 bits per heavy atom. The van der Waals surface area contributed by atoms with Crippen LogP contribution in [0, 0.1) is 5.41 Å². The van der Waals surface area contributed by atoms with Gasteiger partial charge in [-0.15, -0.1) is 0 Å². The molecule has 0 aromatic carbocycles. The molecule has 1 saturated heterocycles. The number of halogens is 2. The van der Waals surface area contributed by atoms with E-state index in [1.54, 1.807) is 18.3 Å². The molecule has 4 heterocycles. The van der Waals surface area contributed by atoms with E-state index in [9.17, 15) is 14.7 Å². The minimum atomic E-state index is -1.18. The van der Waals surface area contributed by atoms with E-state index in [1.807, 2.05) is 13.0 Å². The maximum atomic E-state index is 13.0. The number of carbonyl (C=O) groups is 1. The maximum Gasteiger partial charge on any atom is 0.356 e. The summed E-state index contributed by atoms with van der Waals surface area (Å²) in [5.41, 5.74) is 1.53. The number of pyridine rings is 2. The Hall–Kier alpha value is -2.65. The molecule has 10 heteroatoms. The topological polar surface area (TPSA) is 99.8 Å². The third-order valence-electron chi connectivity index (χ3n) is 6.09. The Bertz CT molecular complexity index is 1280. The molecule has 3 aromatic rings. The fourth-order valence-electron chi connectivity index (χ4n) is 4.03. The molecule has 1 aliphatic heterocycles. The van der Waals surface area contributed by atoms with Crippen LogP contribution in [0.2, 0.25) is 5.15 Å². The Labute approximate surface area is 204 Å². The van der Waals surface area contributed by atoms with Gasteiger partial charge in [0.1, 0.15) is 16.6 Å². The molecule has 0 saturated carbocycles. The molecule has 0 aliphatic carbocycles. The molecule has 33 heavy (non-hydrogen) atoms. The molecule has 1 aliphatic rings. The Kier molecular flexibility index (Phi) is 6.37. The normalized spacial score (nSPS) is 16.6. The van der Waals surface area contributed by atoms with E-state index in [1.165, 1.54) is 10.5 Å². The summed E-state index contributed by atoms with van der Waals surface area (Å²) in [4.78, 5) is 35.6. The van der Waals surface area contributed by atoms with E-state index in [0.29, 0.717) is 21.6 Å². The van der Waals surface area contributed by atoms with E-state index in [0.717, 1.165) is 31.5 Å². The summed E-state index contributed by atoms with van der Waals surface area (Å²) >= 11 is 9.35. The van der Waals surface area contributed by atoms with Crippen molar-refractivity contribution < 1.29 is 9.90 Å². The number of anilines is 2. The van der Waals surface area contributed by atoms with Crippen LogP contribution in [0.5, 0.6) is 0 Å². The number of carboxylic acid groups (broad SMARTS) is 1. The first kappa shape index (κ1) is 23.5. The number of nitrogens with one attached hydrogen (secondary N) is 1. The van der Waals surface area contributed by atoms with Crippen LogP contribution in [0.4, 0.5) is 11.5 Å². The largest absolute Gasteiger partial charge is 0.476 e. The van der Waals surface area contributed by atoms with E-state index in [4.69, 9.17) is 16.6 Å². The van der Waals surface area contributed by atoms with E-state index in [2.05, 4.69) is 45.0 Å². The van der Waals surface area contributed by atoms with Crippen molar-refractivity contribution in [3.05, 3.63) is 61.7 Å². The zero-order valence-corrected chi connectivity index (χ0v) is 20.9. The molecule has 0 radical (unpaired) electrons. The number of hydrogen-bond donors (Lipinski definition) is 2. The van der Waals surface area contributed by atoms with Gasteiger partial charge in [0.05, 0.1) is 11.7 Å². The molecule has 2 N–H and O–H groups in total. The standard InChI is InChI=1S/C23H25BrClN5O3/c1-13(26-16-4-5-17(25)27-20(16)22(32)33)15-10-14(24)12-30-19(31)11-18(28-21(15)30)29-8-6-23(2,3)7-9-29/h4-5,10-13,26H,6-9H2,1-3H3,(H,32,33)/t13-/m1/s1. The number of rotatable bonds is 5. The molecule has 174 valence electrons. The van der Waals surface area contributed by atoms with Crippen molar-refractivity contribution in [1.82, 2.24) is 14.4 Å². The maximum absolute atomic E-state index is 13.0. The fourth-order valence-corrected chi connectivity index (χ4v) is 4.63. The number of aromatic carboxylic acids is 1. The highest BCUT2D eigenvalue weighted by atomic mass is 79.9. The first-order chi connectivity index (χ1) is 15.5. The molecule has 0 spiro atoms. The van der Waals surface area contributed by atoms with Gasteiger partial charge < -0.3 is 15.3 Å². The van der Waals surface area contributed by atoms with Crippen molar-refractivity contribution in [3.8, 4) is 0 Å². The monoisotopic (exact) mass is 533 g/mol. The summed E-state index contributed by atoms with van der Waals surface area (Å²) in [7, 11) is 0. The summed E-state index contributed by atoms with van der Waals surface area (Å²) < 4.78 is 2.22. The summed E-state index contributed by atoms with van der Waals surface area (Å²) in [6.07, 6.45) is 3.75. The van der Waals surface area contributed by atoms with Gasteiger partial charge in [0, 0.05) is 35.4 Å². The van der Waals surface area contributed by atoms with Gasteiger partial charge in [-0.3, -0.25) is 9.20 Å². The van der Waals surface area contributed by atoms with Crippen molar-refractivity contribution >= 4 is 50.7 Å². The minimum absolute atomic E-state index is 0.0982. The van der Waals surface area contributed by atoms with Crippen LogP contribution in [-0.4, -0.2) is 38.5 Å². The summed E-state index contributed by atoms with van der Waals surface area (Å²) in [6.45, 7) is 8.08. The second kappa shape index (κ2) is 8.95. The van der Waals surface area contributed by atoms with Crippen molar-refractivity contribution in [1.29, 1.82) is 0 Å². The highest BCUT2D eigenvalue weighted by Crippen LogP contribution is 2.32. The lowest BCUT2D eigenvalue weighted by Gasteiger charge is -2.37. The number of piperidine rings is 1. The number of hydrogen-bond acceptors (Lipinski definition) is 6. The molecular weight excluding hydrogens is 510 g/mol. The lowest BCUT2D eigenvalue weighted by atomic mass is 9.83. The van der Waals surface area contributed by atoms with Gasteiger partial charge in [-0.05, 0) is 59.3 Å². The average Bonchev–Trinajstić information content (AvgIpc) is 2.74. The van der Waals surface area contributed by atoms with Crippen LogP contribution in [0.1, 0.15) is 55.7 Å². The van der Waals surface area contributed by atoms with Crippen molar-refractivity contribution in [2.75, 3.05) is 23.3 Å². The number of carboxylic acids is 1. The highest BCUT2D eigenvalue weighted by Gasteiger charge is 2.27. The van der Waals surface area contributed by atoms with Crippen LogP contribution < -0.4 is 15.8 Å². The van der Waals surface area contributed by atoms with Crippen LogP contribution >= 0.6 is 27.5 Å². The average molecular weight is 535 g/mol. The van der Waals surface area contributed by atoms with E-state index >= 15 is 0 Å². The summed E-state index contributed by atoms with van der Waals surface area (Å²) in [6, 6.07) is 6.19. The van der Waals surface area contributed by atoms with Gasteiger partial charge in [-0.1, -0.05) is 25.4 Å². The molecule has 0 unspecified atom stereocenters. The molecular formula is C23H25BrClN5O3. The van der Waals surface area contributed by atoms with Crippen LogP contribution in [0.3, 0.4) is 0 Å². The van der Waals surface area contributed by atoms with Gasteiger partial charge in [-0.2, -0.15) is 0 Å². The molecule has 0 amide bonds. The Morgan fingerprint density at radius 1 is 1.24 bits per heavy atom. The molecule has 8 nitrogen and oxygen atoms in total. The molecule has 4 rings (SSSR count). The predicted molar refractivity (Wildman–Crippen MR) is 133 cm³/mol. The molecule has 0 bridgehead atoms. The number of fused-ring (bicyclic) bond motifs is 1. The third-order valence-corrected chi connectivity index (χ3v) is 6.73. The quantitative estimate of drug-likeness (QED) is 0.444. The van der Waals surface area contributed by atoms with Gasteiger partial charge in [0.2, 0.25) is 0 Å². The summed E-state index contributed by atoms with van der Waals surface area (Å²) in [5.74, 6) is -0.526. The van der Waals surface area contributed by atoms with Crippen molar-refractivity contribution in [3.63, 3.8) is 0 Å². The Balaban J connectivity index is 1.75. The SMILES string of the molecule is C[C@@H](Nc1ccc(Cl)nc1C(=O)O)c1cc(Br)cn2c(=O)cc(N3CCC(C)(C)CC3)nc12. The van der Waals surface area contributed by atoms with Crippen LogP contribution in [-0.2, 0) is 0 Å². The highest BCUT2D eigenvalue weighted by molar-refractivity contribution is 9.10. The van der Waals surface area contributed by atoms with E-state index in [-0.39, 0.29) is 27.9 Å². The lowest BCUT2D eigenvalue weighted by molar-refractivity contribution is 0.0691. The molecule has 3 aromatic heterocycles. The fraction of sp³-hybridized carbons (Fsp3) is 0.391. The third kappa shape index (κ3) is 4.99. The Morgan fingerprint density at radius 2 is 1.94 bits per heavy atom. The summed E-state index contributed by atoms with van der Waals surface area (Å²) in [5, 5.41) is 12.8. The second-order valence-corrected chi connectivity index (χ2v) is 10.4. The lowest BCUT2D eigenvalue weighted by Crippen LogP contribution is -2.38. The predicted octanol–water partition coefficient (Wildman–Crippen LogP) is 5.00. The first-order valence-corrected chi connectivity index (χ1v) is 11.9. The smallest absolute Gasteiger partial charge is 0.356 e. The zero-order valence-electron chi connectivity index (χ0n) is 18.6. The van der Waals surface area contributed by atoms with Gasteiger partial charge in [0.25, 0.3) is 5.56 Å². The van der Waals surface area contributed by atoms with Gasteiger partial charge in [-0.25, -0.2) is 14.8 Å². The van der Waals surface area contributed by atoms with Gasteiger partial charge in [0.15, 0.2) is 5.69 Å². The second-order valence-electron chi connectivity index (χ2n) is 9.11. The number of aromatic nitrogens is 3. The minimum Gasteiger partial charge on any atom is -0.476 e. The zero-order chi connectivity index (χ0) is 23.9. The van der Waals surface area contributed by atoms with Gasteiger partial charge >= 0.3 is 5.97 Å².